The third kappa shape index (κ3) is 3.06. The number of hydrogen-bond acceptors (Lipinski definition) is 7. The van der Waals surface area contributed by atoms with Crippen LogP contribution in [-0.2, 0) is 33.4 Å². The van der Waals surface area contributed by atoms with Crippen LogP contribution in [0, 0.1) is 0 Å². The molecule has 8 heteroatoms. The zero-order valence-electron chi connectivity index (χ0n) is 11.6. The molecule has 0 radical (unpaired) electrons. The number of carbonyl (C=O) groups excluding carboxylic acids is 4. The summed E-state index contributed by atoms with van der Waals surface area (Å²) >= 11 is 0. The third-order valence-electron chi connectivity index (χ3n) is 2.65. The highest BCUT2D eigenvalue weighted by atomic mass is 16.6. The maximum Gasteiger partial charge on any atom is 0.347 e. The van der Waals surface area contributed by atoms with Crippen molar-refractivity contribution in [2.45, 2.75) is 38.8 Å². The molecule has 1 fully saturated rings. The lowest BCUT2D eigenvalue weighted by atomic mass is 9.95. The fraction of sp³-hybridized carbons (Fsp3) is 0.667. The topological polar surface area (TPSA) is 108 Å². The van der Waals surface area contributed by atoms with Gasteiger partial charge in [0, 0.05) is 13.3 Å². The minimum Gasteiger partial charge on any atom is -0.464 e. The number of hydrogen-bond donors (Lipinski definition) is 1. The second-order valence-corrected chi connectivity index (χ2v) is 4.16. The van der Waals surface area contributed by atoms with Crippen LogP contribution >= 0.6 is 0 Å². The van der Waals surface area contributed by atoms with E-state index in [-0.39, 0.29) is 19.6 Å². The van der Waals surface area contributed by atoms with Crippen LogP contribution in [0.25, 0.3) is 0 Å². The van der Waals surface area contributed by atoms with Gasteiger partial charge < -0.3 is 19.5 Å². The Morgan fingerprint density at radius 3 is 2.40 bits per heavy atom. The van der Waals surface area contributed by atoms with Crippen LogP contribution in [0.4, 0.5) is 0 Å². The van der Waals surface area contributed by atoms with Gasteiger partial charge in [0.1, 0.15) is 0 Å². The largest absolute Gasteiger partial charge is 0.464 e. The van der Waals surface area contributed by atoms with Crippen LogP contribution in [0.2, 0.25) is 0 Å². The summed E-state index contributed by atoms with van der Waals surface area (Å²) in [5.41, 5.74) is -1.99. The first-order valence-corrected chi connectivity index (χ1v) is 6.21. The minimum atomic E-state index is -1.99. The van der Waals surface area contributed by atoms with E-state index in [2.05, 4.69) is 5.32 Å². The van der Waals surface area contributed by atoms with Gasteiger partial charge in [0.15, 0.2) is 0 Å². The minimum absolute atomic E-state index is 0.0253. The lowest BCUT2D eigenvalue weighted by molar-refractivity contribution is -0.166. The predicted molar refractivity (Wildman–Crippen MR) is 64.3 cm³/mol. The molecular formula is C12H17NO7. The van der Waals surface area contributed by atoms with E-state index in [0.29, 0.717) is 0 Å². The van der Waals surface area contributed by atoms with Gasteiger partial charge >= 0.3 is 17.9 Å². The van der Waals surface area contributed by atoms with Gasteiger partial charge in [-0.3, -0.25) is 4.79 Å². The highest BCUT2D eigenvalue weighted by Crippen LogP contribution is 2.28. The lowest BCUT2D eigenvalue weighted by Gasteiger charge is -2.22. The lowest BCUT2D eigenvalue weighted by Crippen LogP contribution is -2.58. The van der Waals surface area contributed by atoms with E-state index in [1.807, 2.05) is 0 Å². The molecule has 0 bridgehead atoms. The van der Waals surface area contributed by atoms with Crippen molar-refractivity contribution in [1.29, 1.82) is 0 Å². The SMILES string of the molecule is CCOC(=O)C1CC(NC(C)=O)(C(=O)OCC)C(=O)O1. The number of carbonyl (C=O) groups is 4. The second kappa shape index (κ2) is 6.36. The number of ether oxygens (including phenoxy) is 3. The third-order valence-corrected chi connectivity index (χ3v) is 2.65. The Hall–Kier alpha value is -2.12. The summed E-state index contributed by atoms with van der Waals surface area (Å²) in [4.78, 5) is 46.7. The molecule has 1 aliphatic rings. The van der Waals surface area contributed by atoms with Gasteiger partial charge in [-0.2, -0.15) is 0 Å². The molecule has 2 unspecified atom stereocenters. The van der Waals surface area contributed by atoms with E-state index in [1.165, 1.54) is 0 Å². The molecule has 1 aliphatic heterocycles. The Morgan fingerprint density at radius 1 is 1.30 bits per heavy atom. The quantitative estimate of drug-likeness (QED) is 0.405. The summed E-state index contributed by atoms with van der Waals surface area (Å²) in [6, 6.07) is 0. The van der Waals surface area contributed by atoms with Crippen LogP contribution in [0.15, 0.2) is 0 Å². The second-order valence-electron chi connectivity index (χ2n) is 4.16. The van der Waals surface area contributed by atoms with E-state index in [1.54, 1.807) is 13.8 Å². The van der Waals surface area contributed by atoms with Crippen molar-refractivity contribution >= 4 is 23.8 Å². The van der Waals surface area contributed by atoms with Crippen molar-refractivity contribution in [3.8, 4) is 0 Å². The highest BCUT2D eigenvalue weighted by molar-refractivity contribution is 6.10. The Kier molecular flexibility index (Phi) is 5.06. The summed E-state index contributed by atoms with van der Waals surface area (Å²) in [5.74, 6) is -3.35. The molecular weight excluding hydrogens is 270 g/mol. The molecule has 1 heterocycles. The molecule has 0 aromatic rings. The standard InChI is InChI=1S/C12H17NO7/c1-4-18-9(15)8-6-12(11(17)20-8,13-7(3)14)10(16)19-5-2/h8H,4-6H2,1-3H3,(H,13,14). The average Bonchev–Trinajstić information content (AvgIpc) is 2.68. The van der Waals surface area contributed by atoms with E-state index < -0.39 is 35.5 Å². The molecule has 1 amide bonds. The van der Waals surface area contributed by atoms with E-state index in [9.17, 15) is 19.2 Å². The average molecular weight is 287 g/mol. The molecule has 20 heavy (non-hydrogen) atoms. The predicted octanol–water partition coefficient (Wildman–Crippen LogP) is -0.697. The summed E-state index contributed by atoms with van der Waals surface area (Å²) in [7, 11) is 0. The summed E-state index contributed by atoms with van der Waals surface area (Å²) in [6.45, 7) is 4.44. The van der Waals surface area contributed by atoms with Crippen molar-refractivity contribution in [3.05, 3.63) is 0 Å². The normalized spacial score (nSPS) is 24.8. The first-order chi connectivity index (χ1) is 9.37. The smallest absolute Gasteiger partial charge is 0.347 e. The molecule has 1 rings (SSSR count). The monoisotopic (exact) mass is 287 g/mol. The van der Waals surface area contributed by atoms with Gasteiger partial charge in [-0.25, -0.2) is 14.4 Å². The number of rotatable bonds is 5. The maximum atomic E-state index is 11.9. The number of amides is 1. The van der Waals surface area contributed by atoms with Gasteiger partial charge in [-0.15, -0.1) is 0 Å². The van der Waals surface area contributed by atoms with Gasteiger partial charge in [-0.05, 0) is 13.8 Å². The highest BCUT2D eigenvalue weighted by Gasteiger charge is 2.59. The van der Waals surface area contributed by atoms with Crippen molar-refractivity contribution in [2.24, 2.45) is 0 Å². The van der Waals surface area contributed by atoms with Gasteiger partial charge in [0.2, 0.25) is 17.6 Å². The molecule has 112 valence electrons. The molecule has 1 saturated heterocycles. The zero-order valence-corrected chi connectivity index (χ0v) is 11.6. The summed E-state index contributed by atoms with van der Waals surface area (Å²) < 4.78 is 14.3. The van der Waals surface area contributed by atoms with Crippen LogP contribution in [-0.4, -0.2) is 48.7 Å². The molecule has 0 spiro atoms. The van der Waals surface area contributed by atoms with Crippen LogP contribution in [0.3, 0.4) is 0 Å². The fourth-order valence-corrected chi connectivity index (χ4v) is 1.87. The number of cyclic esters (lactones) is 1. The van der Waals surface area contributed by atoms with E-state index in [4.69, 9.17) is 14.2 Å². The van der Waals surface area contributed by atoms with E-state index in [0.717, 1.165) is 6.92 Å². The van der Waals surface area contributed by atoms with Crippen LogP contribution < -0.4 is 5.32 Å². The molecule has 1 N–H and O–H groups in total. The Balaban J connectivity index is 3.00. The van der Waals surface area contributed by atoms with Crippen LogP contribution in [0.1, 0.15) is 27.2 Å². The van der Waals surface area contributed by atoms with Crippen LogP contribution in [0.5, 0.6) is 0 Å². The Labute approximate surface area is 115 Å². The fourth-order valence-electron chi connectivity index (χ4n) is 1.87. The zero-order chi connectivity index (χ0) is 15.3. The first kappa shape index (κ1) is 15.9. The molecule has 0 aliphatic carbocycles. The maximum absolute atomic E-state index is 11.9. The van der Waals surface area contributed by atoms with Gasteiger partial charge in [0.25, 0.3) is 0 Å². The van der Waals surface area contributed by atoms with Crippen molar-refractivity contribution in [3.63, 3.8) is 0 Å². The Bertz CT molecular complexity index is 434. The molecule has 0 aromatic carbocycles. The van der Waals surface area contributed by atoms with Crippen molar-refractivity contribution < 1.29 is 33.4 Å². The number of nitrogens with one attached hydrogen (secondary N) is 1. The van der Waals surface area contributed by atoms with Crippen molar-refractivity contribution in [2.75, 3.05) is 13.2 Å². The summed E-state index contributed by atoms with van der Waals surface area (Å²) in [6.07, 6.45) is -1.58. The Morgan fingerprint density at radius 2 is 1.90 bits per heavy atom. The molecule has 0 saturated carbocycles. The first-order valence-electron chi connectivity index (χ1n) is 6.21. The number of esters is 3. The van der Waals surface area contributed by atoms with Gasteiger partial charge in [-0.1, -0.05) is 0 Å². The van der Waals surface area contributed by atoms with Gasteiger partial charge in [0.05, 0.1) is 13.2 Å². The summed E-state index contributed by atoms with van der Waals surface area (Å²) in [5, 5.41) is 2.22. The van der Waals surface area contributed by atoms with Crippen molar-refractivity contribution in [1.82, 2.24) is 5.32 Å². The molecule has 2 atom stereocenters. The molecule has 8 nitrogen and oxygen atoms in total. The van der Waals surface area contributed by atoms with E-state index >= 15 is 0 Å². The molecule has 0 aromatic heterocycles.